The van der Waals surface area contributed by atoms with Crippen LogP contribution in [0.5, 0.6) is 0 Å². The van der Waals surface area contributed by atoms with Gasteiger partial charge in [0.05, 0.1) is 6.42 Å². The van der Waals surface area contributed by atoms with Gasteiger partial charge in [0, 0.05) is 24.7 Å². The maximum atomic E-state index is 12.6. The number of piperidine rings is 1. The number of rotatable bonds is 4. The van der Waals surface area contributed by atoms with Gasteiger partial charge in [-0.25, -0.2) is 0 Å². The van der Waals surface area contributed by atoms with Gasteiger partial charge in [-0.15, -0.1) is 0 Å². The SMILES string of the molecule is Cc1cccc(NC(=O)C2CCN(C(=O)Cc3ccccc3C)CC2)c1. The third kappa shape index (κ3) is 4.51. The zero-order chi connectivity index (χ0) is 18.5. The van der Waals surface area contributed by atoms with Crippen molar-refractivity contribution in [3.63, 3.8) is 0 Å². The summed E-state index contributed by atoms with van der Waals surface area (Å²) in [6.45, 7) is 5.34. The Bertz CT molecular complexity index is 792. The van der Waals surface area contributed by atoms with Crippen LogP contribution < -0.4 is 5.32 Å². The van der Waals surface area contributed by atoms with Gasteiger partial charge >= 0.3 is 0 Å². The van der Waals surface area contributed by atoms with Gasteiger partial charge in [-0.05, 0) is 55.5 Å². The molecule has 0 bridgehead atoms. The van der Waals surface area contributed by atoms with E-state index in [0.29, 0.717) is 19.5 Å². The van der Waals surface area contributed by atoms with E-state index in [1.54, 1.807) is 0 Å². The van der Waals surface area contributed by atoms with Gasteiger partial charge in [0.2, 0.25) is 11.8 Å². The third-order valence-electron chi connectivity index (χ3n) is 5.11. The zero-order valence-corrected chi connectivity index (χ0v) is 15.5. The van der Waals surface area contributed by atoms with Crippen molar-refractivity contribution < 1.29 is 9.59 Å². The fourth-order valence-corrected chi connectivity index (χ4v) is 3.44. The van der Waals surface area contributed by atoms with Gasteiger partial charge in [0.25, 0.3) is 0 Å². The van der Waals surface area contributed by atoms with Crippen LogP contribution in [0.3, 0.4) is 0 Å². The van der Waals surface area contributed by atoms with Gasteiger partial charge in [0.15, 0.2) is 0 Å². The van der Waals surface area contributed by atoms with Gasteiger partial charge in [-0.1, -0.05) is 36.4 Å². The molecule has 0 spiro atoms. The molecule has 2 aromatic rings. The molecule has 0 aromatic heterocycles. The lowest BCUT2D eigenvalue weighted by Gasteiger charge is -2.31. The van der Waals surface area contributed by atoms with E-state index in [9.17, 15) is 9.59 Å². The number of hydrogen-bond donors (Lipinski definition) is 1. The molecule has 2 amide bonds. The minimum atomic E-state index is -0.0296. The van der Waals surface area contributed by atoms with Crippen LogP contribution in [-0.2, 0) is 16.0 Å². The van der Waals surface area contributed by atoms with Crippen molar-refractivity contribution in [1.82, 2.24) is 4.90 Å². The third-order valence-corrected chi connectivity index (χ3v) is 5.11. The predicted molar refractivity (Wildman–Crippen MR) is 104 cm³/mol. The molecular formula is C22H26N2O2. The van der Waals surface area contributed by atoms with E-state index in [0.717, 1.165) is 35.2 Å². The van der Waals surface area contributed by atoms with E-state index < -0.39 is 0 Å². The molecule has 0 aliphatic carbocycles. The maximum Gasteiger partial charge on any atom is 0.227 e. The van der Waals surface area contributed by atoms with Gasteiger partial charge in [-0.3, -0.25) is 9.59 Å². The summed E-state index contributed by atoms with van der Waals surface area (Å²) in [5.41, 5.74) is 4.19. The van der Waals surface area contributed by atoms with E-state index in [-0.39, 0.29) is 17.7 Å². The number of carbonyl (C=O) groups excluding carboxylic acids is 2. The second-order valence-corrected chi connectivity index (χ2v) is 7.12. The topological polar surface area (TPSA) is 49.4 Å². The summed E-state index contributed by atoms with van der Waals surface area (Å²) in [5.74, 6) is 0.177. The molecule has 1 aliphatic heterocycles. The molecule has 0 unspecified atom stereocenters. The second-order valence-electron chi connectivity index (χ2n) is 7.12. The molecule has 1 N–H and O–H groups in total. The molecule has 0 saturated carbocycles. The second kappa shape index (κ2) is 8.17. The molecule has 0 atom stereocenters. The van der Waals surface area contributed by atoms with Crippen molar-refractivity contribution in [3.8, 4) is 0 Å². The highest BCUT2D eigenvalue weighted by atomic mass is 16.2. The lowest BCUT2D eigenvalue weighted by atomic mass is 9.95. The number of amides is 2. The number of aryl methyl sites for hydroxylation is 2. The number of hydrogen-bond acceptors (Lipinski definition) is 2. The molecule has 4 heteroatoms. The number of carbonyl (C=O) groups is 2. The fraction of sp³-hybridized carbons (Fsp3) is 0.364. The van der Waals surface area contributed by atoms with Crippen LogP contribution in [0, 0.1) is 19.8 Å². The molecule has 136 valence electrons. The van der Waals surface area contributed by atoms with Crippen molar-refractivity contribution in [1.29, 1.82) is 0 Å². The van der Waals surface area contributed by atoms with Crippen molar-refractivity contribution in [2.75, 3.05) is 18.4 Å². The van der Waals surface area contributed by atoms with E-state index >= 15 is 0 Å². The zero-order valence-electron chi connectivity index (χ0n) is 15.5. The molecule has 4 nitrogen and oxygen atoms in total. The molecule has 1 saturated heterocycles. The maximum absolute atomic E-state index is 12.6. The van der Waals surface area contributed by atoms with Crippen LogP contribution in [0.15, 0.2) is 48.5 Å². The summed E-state index contributed by atoms with van der Waals surface area (Å²) in [6.07, 6.45) is 1.88. The predicted octanol–water partition coefficient (Wildman–Crippen LogP) is 3.72. The van der Waals surface area contributed by atoms with E-state index in [2.05, 4.69) is 5.32 Å². The van der Waals surface area contributed by atoms with Crippen LogP contribution in [-0.4, -0.2) is 29.8 Å². The first-order valence-corrected chi connectivity index (χ1v) is 9.23. The number of anilines is 1. The summed E-state index contributed by atoms with van der Waals surface area (Å²) < 4.78 is 0. The minimum Gasteiger partial charge on any atom is -0.342 e. The average Bonchev–Trinajstić information content (AvgIpc) is 2.64. The Balaban J connectivity index is 1.51. The van der Waals surface area contributed by atoms with Crippen LogP contribution in [0.1, 0.15) is 29.5 Å². The average molecular weight is 350 g/mol. The summed E-state index contributed by atoms with van der Waals surface area (Å²) in [5, 5.41) is 3.00. The quantitative estimate of drug-likeness (QED) is 0.913. The van der Waals surface area contributed by atoms with Crippen LogP contribution in [0.25, 0.3) is 0 Å². The number of benzene rings is 2. The summed E-state index contributed by atoms with van der Waals surface area (Å²) in [4.78, 5) is 26.9. The monoisotopic (exact) mass is 350 g/mol. The Labute approximate surface area is 155 Å². The summed E-state index contributed by atoms with van der Waals surface area (Å²) in [7, 11) is 0. The van der Waals surface area contributed by atoms with Crippen molar-refractivity contribution in [3.05, 3.63) is 65.2 Å². The first-order chi connectivity index (χ1) is 12.5. The molecule has 1 heterocycles. The van der Waals surface area contributed by atoms with Crippen molar-refractivity contribution in [2.24, 2.45) is 5.92 Å². The van der Waals surface area contributed by atoms with E-state index in [1.165, 1.54) is 0 Å². The Hall–Kier alpha value is -2.62. The Kier molecular flexibility index (Phi) is 5.71. The molecular weight excluding hydrogens is 324 g/mol. The lowest BCUT2D eigenvalue weighted by molar-refractivity contribution is -0.133. The van der Waals surface area contributed by atoms with Gasteiger partial charge in [0.1, 0.15) is 0 Å². The largest absolute Gasteiger partial charge is 0.342 e. The minimum absolute atomic E-state index is 0.0296. The highest BCUT2D eigenvalue weighted by Gasteiger charge is 2.27. The Morgan fingerprint density at radius 3 is 2.46 bits per heavy atom. The van der Waals surface area contributed by atoms with Crippen molar-refractivity contribution >= 4 is 17.5 Å². The lowest BCUT2D eigenvalue weighted by Crippen LogP contribution is -2.42. The van der Waals surface area contributed by atoms with Crippen LogP contribution >= 0.6 is 0 Å². The van der Waals surface area contributed by atoms with Crippen LogP contribution in [0.4, 0.5) is 5.69 Å². The van der Waals surface area contributed by atoms with E-state index in [1.807, 2.05) is 67.3 Å². The summed E-state index contributed by atoms with van der Waals surface area (Å²) >= 11 is 0. The Morgan fingerprint density at radius 1 is 1.04 bits per heavy atom. The highest BCUT2D eigenvalue weighted by Crippen LogP contribution is 2.21. The standard InChI is InChI=1S/C22H26N2O2/c1-16-6-5-9-20(14-16)23-22(26)18-10-12-24(13-11-18)21(25)15-19-8-4-3-7-17(19)2/h3-9,14,18H,10-13,15H2,1-2H3,(H,23,26). The number of nitrogens with one attached hydrogen (secondary N) is 1. The van der Waals surface area contributed by atoms with Crippen LogP contribution in [0.2, 0.25) is 0 Å². The molecule has 2 aromatic carbocycles. The smallest absolute Gasteiger partial charge is 0.227 e. The number of likely N-dealkylation sites (tertiary alicyclic amines) is 1. The first kappa shape index (κ1) is 18.2. The fourth-order valence-electron chi connectivity index (χ4n) is 3.44. The van der Waals surface area contributed by atoms with E-state index in [4.69, 9.17) is 0 Å². The summed E-state index contributed by atoms with van der Waals surface area (Å²) in [6, 6.07) is 15.8. The Morgan fingerprint density at radius 2 is 1.77 bits per heavy atom. The molecule has 1 aliphatic rings. The highest BCUT2D eigenvalue weighted by molar-refractivity contribution is 5.92. The van der Waals surface area contributed by atoms with Crippen molar-refractivity contribution in [2.45, 2.75) is 33.1 Å². The molecule has 26 heavy (non-hydrogen) atoms. The normalized spacial score (nSPS) is 14.9. The number of nitrogens with zero attached hydrogens (tertiary/aromatic N) is 1. The van der Waals surface area contributed by atoms with Gasteiger partial charge < -0.3 is 10.2 Å². The molecule has 3 rings (SSSR count). The molecule has 0 radical (unpaired) electrons. The first-order valence-electron chi connectivity index (χ1n) is 9.23. The molecule has 1 fully saturated rings. The van der Waals surface area contributed by atoms with Gasteiger partial charge in [-0.2, -0.15) is 0 Å².